The van der Waals surface area contributed by atoms with Crippen LogP contribution in [-0.2, 0) is 27.7 Å². The number of sulfonamides is 1. The van der Waals surface area contributed by atoms with Gasteiger partial charge in [0, 0.05) is 6.42 Å². The fraction of sp³-hybridized carbons (Fsp3) is 0.346. The number of rotatable bonds is 11. The molecular formula is C26H30N4O5S2. The van der Waals surface area contributed by atoms with Crippen LogP contribution < -0.4 is 9.46 Å². The normalized spacial score (nSPS) is 11.1. The molecule has 0 aliphatic rings. The summed E-state index contributed by atoms with van der Waals surface area (Å²) >= 11 is 1.40. The molecule has 0 radical (unpaired) electrons. The highest BCUT2D eigenvalue weighted by Crippen LogP contribution is 2.32. The van der Waals surface area contributed by atoms with Gasteiger partial charge in [0.2, 0.25) is 5.88 Å². The maximum atomic E-state index is 12.3. The molecule has 0 aliphatic heterocycles. The molecule has 0 amide bonds. The average molecular weight is 543 g/mol. The molecule has 0 bridgehead atoms. The van der Waals surface area contributed by atoms with E-state index >= 15 is 0 Å². The van der Waals surface area contributed by atoms with Gasteiger partial charge in [-0.05, 0) is 60.9 Å². The largest absolute Gasteiger partial charge is 0.515 e. The van der Waals surface area contributed by atoms with Gasteiger partial charge in [0.1, 0.15) is 5.82 Å². The standard InChI is InChI=1S/C26H30N4O5S2/c1-5-7-8-23-29-24(36-4)25(35-26(31)34-6-2)30(23)16-19-10-12-20(13-11-19)22-15-21(14-9-18(22)3)37(32,33)28-17-27/h9-15,28H,5-8,16H2,1-4H3. The highest BCUT2D eigenvalue weighted by atomic mass is 32.2. The maximum absolute atomic E-state index is 12.3. The fourth-order valence-electron chi connectivity index (χ4n) is 3.78. The third-order valence-corrected chi connectivity index (χ3v) is 7.55. The first kappa shape index (κ1) is 28.1. The van der Waals surface area contributed by atoms with E-state index in [2.05, 4.69) is 6.92 Å². The number of ether oxygens (including phenoxy) is 2. The van der Waals surface area contributed by atoms with Gasteiger partial charge < -0.3 is 9.47 Å². The van der Waals surface area contributed by atoms with Crippen molar-refractivity contribution in [2.24, 2.45) is 0 Å². The Morgan fingerprint density at radius 3 is 2.54 bits per heavy atom. The summed E-state index contributed by atoms with van der Waals surface area (Å²) in [5.74, 6) is 1.19. The summed E-state index contributed by atoms with van der Waals surface area (Å²) in [6.45, 7) is 6.36. The number of carbonyl (C=O) groups excluding carboxylic acids is 1. The molecule has 0 atom stereocenters. The molecule has 1 heterocycles. The van der Waals surface area contributed by atoms with Crippen LogP contribution in [0.5, 0.6) is 5.88 Å². The van der Waals surface area contributed by atoms with Crippen LogP contribution in [-0.4, -0.2) is 37.0 Å². The minimum absolute atomic E-state index is 0.0167. The number of unbranched alkanes of at least 4 members (excludes halogenated alkanes) is 1. The summed E-state index contributed by atoms with van der Waals surface area (Å²) in [7, 11) is -3.91. The van der Waals surface area contributed by atoms with Crippen LogP contribution in [0.3, 0.4) is 0 Å². The number of hydrogen-bond acceptors (Lipinski definition) is 8. The Morgan fingerprint density at radius 2 is 1.92 bits per heavy atom. The minimum atomic E-state index is -3.91. The van der Waals surface area contributed by atoms with Crippen molar-refractivity contribution in [1.29, 1.82) is 5.26 Å². The molecule has 3 aromatic rings. The van der Waals surface area contributed by atoms with E-state index in [1.54, 1.807) is 19.1 Å². The van der Waals surface area contributed by atoms with E-state index in [9.17, 15) is 13.2 Å². The molecule has 0 unspecified atom stereocenters. The predicted octanol–water partition coefficient (Wildman–Crippen LogP) is 5.27. The monoisotopic (exact) mass is 542 g/mol. The number of nitrogens with one attached hydrogen (secondary N) is 1. The molecule has 0 saturated carbocycles. The summed E-state index contributed by atoms with van der Waals surface area (Å²) in [6, 6.07) is 12.5. The van der Waals surface area contributed by atoms with Gasteiger partial charge in [-0.15, -0.1) is 11.8 Å². The van der Waals surface area contributed by atoms with Gasteiger partial charge in [-0.2, -0.15) is 5.26 Å². The Kier molecular flexibility index (Phi) is 9.60. The molecule has 196 valence electrons. The molecule has 37 heavy (non-hydrogen) atoms. The number of benzene rings is 2. The lowest BCUT2D eigenvalue weighted by atomic mass is 9.99. The molecule has 0 saturated heterocycles. The first-order valence-electron chi connectivity index (χ1n) is 11.8. The van der Waals surface area contributed by atoms with Crippen LogP contribution in [0.4, 0.5) is 4.79 Å². The zero-order chi connectivity index (χ0) is 27.0. The van der Waals surface area contributed by atoms with Crippen molar-refractivity contribution in [1.82, 2.24) is 14.3 Å². The number of imidazole rings is 1. The Bertz CT molecular complexity index is 1390. The van der Waals surface area contributed by atoms with Crippen LogP contribution in [0.1, 0.15) is 43.6 Å². The molecule has 1 N–H and O–H groups in total. The van der Waals surface area contributed by atoms with Crippen molar-refractivity contribution in [3.05, 3.63) is 59.4 Å². The molecule has 2 aromatic carbocycles. The van der Waals surface area contributed by atoms with Crippen LogP contribution in [0.15, 0.2) is 52.4 Å². The van der Waals surface area contributed by atoms with Crippen LogP contribution in [0.25, 0.3) is 11.1 Å². The second-order valence-corrected chi connectivity index (χ2v) is 10.7. The van der Waals surface area contributed by atoms with Crippen molar-refractivity contribution < 1.29 is 22.7 Å². The van der Waals surface area contributed by atoms with Crippen LogP contribution in [0, 0.1) is 18.4 Å². The van der Waals surface area contributed by atoms with Crippen molar-refractivity contribution in [3.8, 4) is 23.2 Å². The number of aryl methyl sites for hydroxylation is 2. The van der Waals surface area contributed by atoms with E-state index in [0.717, 1.165) is 47.3 Å². The van der Waals surface area contributed by atoms with Crippen LogP contribution >= 0.6 is 11.8 Å². The van der Waals surface area contributed by atoms with Gasteiger partial charge >= 0.3 is 6.16 Å². The second-order valence-electron chi connectivity index (χ2n) is 8.21. The number of hydrogen-bond donors (Lipinski definition) is 1. The lowest BCUT2D eigenvalue weighted by Crippen LogP contribution is -2.18. The van der Waals surface area contributed by atoms with Crippen LogP contribution in [0.2, 0.25) is 0 Å². The third-order valence-electron chi connectivity index (χ3n) is 5.66. The van der Waals surface area contributed by atoms with E-state index in [1.165, 1.54) is 24.0 Å². The lowest BCUT2D eigenvalue weighted by Gasteiger charge is -2.13. The van der Waals surface area contributed by atoms with Gasteiger partial charge in [0.15, 0.2) is 11.2 Å². The van der Waals surface area contributed by atoms with E-state index in [0.29, 0.717) is 17.5 Å². The van der Waals surface area contributed by atoms with Crippen molar-refractivity contribution in [2.75, 3.05) is 12.9 Å². The summed E-state index contributed by atoms with van der Waals surface area (Å²) in [4.78, 5) is 16.8. The van der Waals surface area contributed by atoms with Gasteiger partial charge in [-0.1, -0.05) is 43.7 Å². The number of carbonyl (C=O) groups is 1. The number of aromatic nitrogens is 2. The summed E-state index contributed by atoms with van der Waals surface area (Å²) in [5, 5.41) is 9.37. The SMILES string of the molecule is CCCCc1nc(SC)c(OC(=O)OCC)n1Cc1ccc(-c2cc(S(=O)(=O)NC#N)ccc2C)cc1. The van der Waals surface area contributed by atoms with Gasteiger partial charge in [-0.25, -0.2) is 22.9 Å². The zero-order valence-corrected chi connectivity index (χ0v) is 22.9. The minimum Gasteiger partial charge on any atom is -0.434 e. The maximum Gasteiger partial charge on any atom is 0.515 e. The highest BCUT2D eigenvalue weighted by molar-refractivity contribution is 7.98. The molecule has 3 rings (SSSR count). The van der Waals surface area contributed by atoms with E-state index in [1.807, 2.05) is 46.7 Å². The number of thioether (sulfide) groups is 1. The quantitative estimate of drug-likeness (QED) is 0.151. The Balaban J connectivity index is 1.95. The van der Waals surface area contributed by atoms with Crippen molar-refractivity contribution in [3.63, 3.8) is 0 Å². The Hall–Kier alpha value is -3.49. The van der Waals surface area contributed by atoms with Gasteiger partial charge in [0.05, 0.1) is 18.0 Å². The van der Waals surface area contributed by atoms with Crippen molar-refractivity contribution >= 4 is 27.9 Å². The first-order valence-corrected chi connectivity index (χ1v) is 14.5. The number of nitriles is 1. The lowest BCUT2D eigenvalue weighted by molar-refractivity contribution is 0.0998. The topological polar surface area (TPSA) is 123 Å². The Morgan fingerprint density at radius 1 is 1.19 bits per heavy atom. The smallest absolute Gasteiger partial charge is 0.434 e. The molecule has 0 aliphatic carbocycles. The fourth-order valence-corrected chi connectivity index (χ4v) is 5.06. The van der Waals surface area contributed by atoms with Crippen molar-refractivity contribution in [2.45, 2.75) is 56.5 Å². The number of nitrogens with zero attached hydrogens (tertiary/aromatic N) is 3. The highest BCUT2D eigenvalue weighted by Gasteiger charge is 2.22. The summed E-state index contributed by atoms with van der Waals surface area (Å²) in [5.41, 5.74) is 3.43. The van der Waals surface area contributed by atoms with E-state index < -0.39 is 16.2 Å². The molecule has 0 spiro atoms. The zero-order valence-electron chi connectivity index (χ0n) is 21.3. The van der Waals surface area contributed by atoms with Gasteiger partial charge in [-0.3, -0.25) is 4.57 Å². The molecule has 11 heteroatoms. The Labute approximate surface area is 221 Å². The van der Waals surface area contributed by atoms with E-state index in [4.69, 9.17) is 19.7 Å². The molecule has 0 fully saturated rings. The molecular weight excluding hydrogens is 512 g/mol. The average Bonchev–Trinajstić information content (AvgIpc) is 3.19. The van der Waals surface area contributed by atoms with Gasteiger partial charge in [0.25, 0.3) is 10.0 Å². The summed E-state index contributed by atoms with van der Waals surface area (Å²) in [6.07, 6.45) is 5.27. The molecule has 9 nitrogen and oxygen atoms in total. The van der Waals surface area contributed by atoms with E-state index in [-0.39, 0.29) is 11.5 Å². The first-order chi connectivity index (χ1) is 17.7. The second kappa shape index (κ2) is 12.7. The third kappa shape index (κ3) is 6.84. The summed E-state index contributed by atoms with van der Waals surface area (Å²) < 4.78 is 38.8. The predicted molar refractivity (Wildman–Crippen MR) is 142 cm³/mol. The molecule has 1 aromatic heterocycles.